The number of aromatic nitrogens is 1. The van der Waals surface area contributed by atoms with E-state index in [1.807, 2.05) is 0 Å². The summed E-state index contributed by atoms with van der Waals surface area (Å²) in [5, 5.41) is 5.95. The summed E-state index contributed by atoms with van der Waals surface area (Å²) < 4.78 is 0. The van der Waals surface area contributed by atoms with Crippen molar-refractivity contribution in [2.75, 3.05) is 0 Å². The Bertz CT molecular complexity index is 547. The second-order valence-corrected chi connectivity index (χ2v) is 6.32. The zero-order valence-electron chi connectivity index (χ0n) is 12.8. The van der Waals surface area contributed by atoms with Crippen LogP contribution in [-0.4, -0.2) is 28.9 Å². The van der Waals surface area contributed by atoms with Crippen LogP contribution in [0.2, 0.25) is 0 Å². The van der Waals surface area contributed by atoms with Crippen LogP contribution in [0.5, 0.6) is 0 Å². The quantitative estimate of drug-likeness (QED) is 0.839. The van der Waals surface area contributed by atoms with Gasteiger partial charge in [0, 0.05) is 12.1 Å². The number of hydrogen-bond acceptors (Lipinski definition) is 3. The fraction of sp³-hybridized carbons (Fsp3) is 0.588. The van der Waals surface area contributed by atoms with Crippen LogP contribution >= 0.6 is 0 Å². The summed E-state index contributed by atoms with van der Waals surface area (Å²) in [6, 6.07) is 5.56. The van der Waals surface area contributed by atoms with E-state index >= 15 is 0 Å². The SMILES string of the molecule is O=C(NC1CCCCCC1)c1cccc(C(=O)NC2CC2)n1. The fourth-order valence-corrected chi connectivity index (χ4v) is 2.86. The van der Waals surface area contributed by atoms with E-state index < -0.39 is 0 Å². The third kappa shape index (κ3) is 4.06. The van der Waals surface area contributed by atoms with Gasteiger partial charge < -0.3 is 10.6 Å². The second kappa shape index (κ2) is 6.90. The van der Waals surface area contributed by atoms with Crippen molar-refractivity contribution in [1.82, 2.24) is 15.6 Å². The van der Waals surface area contributed by atoms with Gasteiger partial charge in [-0.3, -0.25) is 9.59 Å². The van der Waals surface area contributed by atoms with Crippen LogP contribution in [0.1, 0.15) is 72.3 Å². The van der Waals surface area contributed by atoms with Gasteiger partial charge in [-0.05, 0) is 37.8 Å². The molecule has 0 aliphatic heterocycles. The molecule has 3 rings (SSSR count). The van der Waals surface area contributed by atoms with Crippen molar-refractivity contribution in [3.05, 3.63) is 29.6 Å². The number of nitrogens with one attached hydrogen (secondary N) is 2. The molecule has 1 heterocycles. The van der Waals surface area contributed by atoms with Gasteiger partial charge >= 0.3 is 0 Å². The molecule has 2 aliphatic rings. The van der Waals surface area contributed by atoms with Crippen LogP contribution in [0.15, 0.2) is 18.2 Å². The van der Waals surface area contributed by atoms with E-state index in [0.29, 0.717) is 11.4 Å². The maximum Gasteiger partial charge on any atom is 0.270 e. The molecule has 0 saturated heterocycles. The first-order valence-electron chi connectivity index (χ1n) is 8.31. The number of pyridine rings is 1. The van der Waals surface area contributed by atoms with Crippen LogP contribution in [0.3, 0.4) is 0 Å². The highest BCUT2D eigenvalue weighted by molar-refractivity contribution is 5.96. The van der Waals surface area contributed by atoms with Gasteiger partial charge in [-0.2, -0.15) is 0 Å². The summed E-state index contributed by atoms with van der Waals surface area (Å²) in [7, 11) is 0. The molecule has 0 spiro atoms. The first kappa shape index (κ1) is 15.0. The number of rotatable bonds is 4. The molecule has 2 amide bonds. The standard InChI is InChI=1S/C17H23N3O2/c21-16(18-12-6-3-1-2-4-7-12)14-8-5-9-15(20-14)17(22)19-13-10-11-13/h5,8-9,12-13H,1-4,6-7,10-11H2,(H,18,21)(H,19,22). The monoisotopic (exact) mass is 301 g/mol. The highest BCUT2D eigenvalue weighted by atomic mass is 16.2. The maximum absolute atomic E-state index is 12.3. The summed E-state index contributed by atoms with van der Waals surface area (Å²) in [5.74, 6) is -0.361. The minimum Gasteiger partial charge on any atom is -0.348 e. The van der Waals surface area contributed by atoms with Crippen molar-refractivity contribution < 1.29 is 9.59 Å². The van der Waals surface area contributed by atoms with E-state index in [1.165, 1.54) is 25.7 Å². The minimum absolute atomic E-state index is 0.173. The molecule has 1 aromatic rings. The minimum atomic E-state index is -0.188. The number of amides is 2. The first-order valence-corrected chi connectivity index (χ1v) is 8.31. The van der Waals surface area contributed by atoms with Gasteiger partial charge in [0.15, 0.2) is 0 Å². The Kier molecular flexibility index (Phi) is 4.71. The number of nitrogens with zero attached hydrogens (tertiary/aromatic N) is 1. The molecular weight excluding hydrogens is 278 g/mol. The number of carbonyl (C=O) groups excluding carboxylic acids is 2. The zero-order chi connectivity index (χ0) is 15.4. The zero-order valence-corrected chi connectivity index (χ0v) is 12.8. The molecule has 0 atom stereocenters. The Morgan fingerprint density at radius 2 is 1.32 bits per heavy atom. The third-order valence-corrected chi connectivity index (χ3v) is 4.32. The van der Waals surface area contributed by atoms with Crippen molar-refractivity contribution in [2.24, 2.45) is 0 Å². The van der Waals surface area contributed by atoms with Crippen LogP contribution in [0.4, 0.5) is 0 Å². The van der Waals surface area contributed by atoms with Crippen LogP contribution in [-0.2, 0) is 0 Å². The van der Waals surface area contributed by atoms with Crippen molar-refractivity contribution in [1.29, 1.82) is 0 Å². The highest BCUT2D eigenvalue weighted by Crippen LogP contribution is 2.19. The molecule has 2 fully saturated rings. The fourth-order valence-electron chi connectivity index (χ4n) is 2.86. The van der Waals surface area contributed by atoms with E-state index in [9.17, 15) is 9.59 Å². The molecule has 2 N–H and O–H groups in total. The summed E-state index contributed by atoms with van der Waals surface area (Å²) in [6.45, 7) is 0. The summed E-state index contributed by atoms with van der Waals surface area (Å²) >= 11 is 0. The van der Waals surface area contributed by atoms with Gasteiger partial charge in [0.1, 0.15) is 11.4 Å². The Morgan fingerprint density at radius 1 is 0.818 bits per heavy atom. The second-order valence-electron chi connectivity index (χ2n) is 6.32. The Morgan fingerprint density at radius 3 is 1.82 bits per heavy atom. The van der Waals surface area contributed by atoms with Crippen LogP contribution < -0.4 is 10.6 Å². The van der Waals surface area contributed by atoms with Crippen LogP contribution in [0, 0.1) is 0 Å². The molecular formula is C17H23N3O2. The third-order valence-electron chi connectivity index (χ3n) is 4.32. The predicted molar refractivity (Wildman–Crippen MR) is 83.7 cm³/mol. The van der Waals surface area contributed by atoms with E-state index in [1.54, 1.807) is 18.2 Å². The van der Waals surface area contributed by atoms with Gasteiger partial charge in [0.05, 0.1) is 0 Å². The summed E-state index contributed by atoms with van der Waals surface area (Å²) in [5.41, 5.74) is 0.646. The lowest BCUT2D eigenvalue weighted by Gasteiger charge is -2.16. The Labute approximate surface area is 130 Å². The molecule has 22 heavy (non-hydrogen) atoms. The van der Waals surface area contributed by atoms with E-state index in [4.69, 9.17) is 0 Å². The van der Waals surface area contributed by atoms with E-state index in [2.05, 4.69) is 15.6 Å². The molecule has 0 unspecified atom stereocenters. The Hall–Kier alpha value is -1.91. The predicted octanol–water partition coefficient (Wildman–Crippen LogP) is 2.43. The molecule has 2 saturated carbocycles. The highest BCUT2D eigenvalue weighted by Gasteiger charge is 2.24. The lowest BCUT2D eigenvalue weighted by atomic mass is 10.1. The molecule has 0 bridgehead atoms. The van der Waals surface area contributed by atoms with Gasteiger partial charge in [0.25, 0.3) is 11.8 Å². The molecule has 0 aromatic carbocycles. The van der Waals surface area contributed by atoms with Gasteiger partial charge in [-0.1, -0.05) is 31.7 Å². The maximum atomic E-state index is 12.3. The van der Waals surface area contributed by atoms with E-state index in [0.717, 1.165) is 25.7 Å². The number of carbonyl (C=O) groups is 2. The molecule has 0 radical (unpaired) electrons. The van der Waals surface area contributed by atoms with E-state index in [-0.39, 0.29) is 23.9 Å². The molecule has 118 valence electrons. The lowest BCUT2D eigenvalue weighted by Crippen LogP contribution is -2.35. The van der Waals surface area contributed by atoms with Crippen molar-refractivity contribution in [3.8, 4) is 0 Å². The lowest BCUT2D eigenvalue weighted by molar-refractivity contribution is 0.0927. The van der Waals surface area contributed by atoms with Gasteiger partial charge in [-0.15, -0.1) is 0 Å². The van der Waals surface area contributed by atoms with Crippen molar-refractivity contribution in [2.45, 2.75) is 63.5 Å². The molecule has 1 aromatic heterocycles. The molecule has 5 heteroatoms. The molecule has 5 nitrogen and oxygen atoms in total. The average molecular weight is 301 g/mol. The first-order chi connectivity index (χ1) is 10.7. The van der Waals surface area contributed by atoms with Crippen molar-refractivity contribution in [3.63, 3.8) is 0 Å². The Balaban J connectivity index is 1.62. The largest absolute Gasteiger partial charge is 0.348 e. The molecule has 2 aliphatic carbocycles. The van der Waals surface area contributed by atoms with Crippen LogP contribution in [0.25, 0.3) is 0 Å². The van der Waals surface area contributed by atoms with Gasteiger partial charge in [0.2, 0.25) is 0 Å². The van der Waals surface area contributed by atoms with Gasteiger partial charge in [-0.25, -0.2) is 4.98 Å². The normalized spacial score (nSPS) is 19.3. The van der Waals surface area contributed by atoms with Crippen molar-refractivity contribution >= 4 is 11.8 Å². The number of hydrogen-bond donors (Lipinski definition) is 2. The summed E-state index contributed by atoms with van der Waals surface area (Å²) in [6.07, 6.45) is 8.98. The average Bonchev–Trinajstić information content (AvgIpc) is 3.35. The smallest absolute Gasteiger partial charge is 0.270 e. The summed E-state index contributed by atoms with van der Waals surface area (Å²) in [4.78, 5) is 28.5. The topological polar surface area (TPSA) is 71.1 Å².